The average Bonchev–Trinajstić information content (AvgIpc) is 2.94. The van der Waals surface area contributed by atoms with Crippen LogP contribution in [0, 0.1) is 5.92 Å². The predicted molar refractivity (Wildman–Crippen MR) is 102 cm³/mol. The van der Waals surface area contributed by atoms with Crippen LogP contribution >= 0.6 is 0 Å². The molecule has 3 rings (SSSR count). The molecular formula is C22H28O5. The van der Waals surface area contributed by atoms with Crippen LogP contribution in [0.1, 0.15) is 38.7 Å². The van der Waals surface area contributed by atoms with Crippen LogP contribution in [0.4, 0.5) is 0 Å². The van der Waals surface area contributed by atoms with Gasteiger partial charge < -0.3 is 19.7 Å². The molecule has 146 valence electrons. The van der Waals surface area contributed by atoms with E-state index in [1.807, 2.05) is 37.3 Å². The first-order chi connectivity index (χ1) is 12.9. The molecule has 0 spiro atoms. The Labute approximate surface area is 160 Å². The summed E-state index contributed by atoms with van der Waals surface area (Å²) in [6, 6.07) is 9.46. The van der Waals surface area contributed by atoms with Crippen LogP contribution in [-0.2, 0) is 20.9 Å². The lowest BCUT2D eigenvalue weighted by molar-refractivity contribution is -0.155. The second kappa shape index (κ2) is 8.07. The minimum Gasteiger partial charge on any atom is -0.384 e. The van der Waals surface area contributed by atoms with Crippen LogP contribution in [0.25, 0.3) is 0 Å². The van der Waals surface area contributed by atoms with Gasteiger partial charge in [0.05, 0.1) is 6.61 Å². The molecule has 1 fully saturated rings. The van der Waals surface area contributed by atoms with Crippen molar-refractivity contribution in [3.63, 3.8) is 0 Å². The first-order valence-corrected chi connectivity index (χ1v) is 9.41. The number of benzene rings is 1. The van der Waals surface area contributed by atoms with Crippen molar-refractivity contribution >= 4 is 5.78 Å². The van der Waals surface area contributed by atoms with Gasteiger partial charge in [-0.1, -0.05) is 47.6 Å². The van der Waals surface area contributed by atoms with Gasteiger partial charge in [-0.15, -0.1) is 6.58 Å². The summed E-state index contributed by atoms with van der Waals surface area (Å²) in [7, 11) is 0. The van der Waals surface area contributed by atoms with Crippen LogP contribution in [0.5, 0.6) is 0 Å². The van der Waals surface area contributed by atoms with Crippen molar-refractivity contribution in [1.82, 2.24) is 0 Å². The smallest absolute Gasteiger partial charge is 0.185 e. The van der Waals surface area contributed by atoms with Gasteiger partial charge in [0, 0.05) is 5.92 Å². The molecule has 2 N–H and O–H groups in total. The Hall–Kier alpha value is -1.79. The molecule has 5 nitrogen and oxygen atoms in total. The maximum atomic E-state index is 13.2. The molecule has 1 aliphatic heterocycles. The number of ketones is 1. The molecule has 5 atom stereocenters. The third-order valence-electron chi connectivity index (χ3n) is 5.88. The number of hydrogen-bond acceptors (Lipinski definition) is 5. The number of allylic oxidation sites excluding steroid dienone is 2. The van der Waals surface area contributed by atoms with E-state index in [4.69, 9.17) is 9.47 Å². The zero-order chi connectivity index (χ0) is 19.6. The monoisotopic (exact) mass is 372 g/mol. The van der Waals surface area contributed by atoms with E-state index in [0.717, 1.165) is 18.4 Å². The number of rotatable bonds is 6. The maximum Gasteiger partial charge on any atom is 0.185 e. The molecular weight excluding hydrogens is 344 g/mol. The zero-order valence-corrected chi connectivity index (χ0v) is 15.9. The van der Waals surface area contributed by atoms with Gasteiger partial charge in [0.2, 0.25) is 0 Å². The molecule has 0 radical (unpaired) electrons. The Balaban J connectivity index is 1.83. The van der Waals surface area contributed by atoms with Crippen molar-refractivity contribution in [3.8, 4) is 0 Å². The van der Waals surface area contributed by atoms with Crippen molar-refractivity contribution in [2.75, 3.05) is 0 Å². The molecule has 5 heteroatoms. The van der Waals surface area contributed by atoms with E-state index in [0.29, 0.717) is 6.42 Å². The molecule has 1 saturated heterocycles. The number of carbonyl (C=O) groups is 1. The van der Waals surface area contributed by atoms with E-state index in [1.54, 1.807) is 0 Å². The molecule has 0 amide bonds. The van der Waals surface area contributed by atoms with Crippen molar-refractivity contribution in [1.29, 1.82) is 0 Å². The predicted octanol–water partition coefficient (Wildman–Crippen LogP) is 2.91. The lowest BCUT2D eigenvalue weighted by Gasteiger charge is -2.35. The third-order valence-corrected chi connectivity index (χ3v) is 5.88. The normalized spacial score (nSPS) is 33.9. The number of Topliss-reactive ketones (excluding diaryl/α,β-unsaturated/α-hetero) is 1. The molecule has 0 bridgehead atoms. The van der Waals surface area contributed by atoms with Crippen molar-refractivity contribution < 1.29 is 24.5 Å². The van der Waals surface area contributed by atoms with Gasteiger partial charge in [-0.25, -0.2) is 0 Å². The van der Waals surface area contributed by atoms with E-state index in [2.05, 4.69) is 13.5 Å². The number of carbonyl (C=O) groups excluding carboxylic acids is 1. The molecule has 0 aromatic heterocycles. The summed E-state index contributed by atoms with van der Waals surface area (Å²) in [5, 5.41) is 20.7. The van der Waals surface area contributed by atoms with E-state index in [1.165, 1.54) is 17.2 Å². The highest BCUT2D eigenvalue weighted by Gasteiger charge is 2.59. The maximum absolute atomic E-state index is 13.2. The minimum atomic E-state index is -1.49. The second-order valence-electron chi connectivity index (χ2n) is 7.59. The van der Waals surface area contributed by atoms with Crippen molar-refractivity contribution in [2.24, 2.45) is 5.92 Å². The summed E-state index contributed by atoms with van der Waals surface area (Å²) >= 11 is 0. The summed E-state index contributed by atoms with van der Waals surface area (Å²) in [6.07, 6.45) is -0.283. The lowest BCUT2D eigenvalue weighted by atomic mass is 9.77. The standard InChI is InChI=1S/C22H28O5/c1-4-22(26-13-16-8-6-5-7-9-16)19(24)21(25)27-20(22)18(23)17-11-10-14(2)15(3)12-17/h4-9,17,19-21,24-25H,1,10-13H2,2-3H3/t17-,19+,20-,21+,22+/m1/s1. The van der Waals surface area contributed by atoms with Crippen molar-refractivity contribution in [2.45, 2.75) is 63.8 Å². The topological polar surface area (TPSA) is 76.0 Å². The Bertz CT molecular complexity index is 725. The zero-order valence-electron chi connectivity index (χ0n) is 15.9. The first-order valence-electron chi connectivity index (χ1n) is 9.41. The van der Waals surface area contributed by atoms with Gasteiger partial charge in [-0.2, -0.15) is 0 Å². The Morgan fingerprint density at radius 1 is 1.30 bits per heavy atom. The highest BCUT2D eigenvalue weighted by Crippen LogP contribution is 2.40. The second-order valence-corrected chi connectivity index (χ2v) is 7.59. The van der Waals surface area contributed by atoms with Crippen LogP contribution in [-0.4, -0.2) is 40.1 Å². The lowest BCUT2D eigenvalue weighted by Crippen LogP contribution is -2.53. The minimum absolute atomic E-state index is 0.148. The fraction of sp³-hybridized carbons (Fsp3) is 0.500. The summed E-state index contributed by atoms with van der Waals surface area (Å²) in [5.41, 5.74) is 1.96. The molecule has 1 heterocycles. The SMILES string of the molecule is C=C[C@@]1(OCc2ccccc2)[C@@H](C(=O)[C@@H]2CCC(C)=C(C)C2)O[C@H](O)[C@@H]1O. The molecule has 2 aliphatic rings. The average molecular weight is 372 g/mol. The molecule has 27 heavy (non-hydrogen) atoms. The van der Waals surface area contributed by atoms with Gasteiger partial charge in [0.1, 0.15) is 6.10 Å². The first kappa shape index (κ1) is 20.0. The van der Waals surface area contributed by atoms with Gasteiger partial charge >= 0.3 is 0 Å². The number of aliphatic hydroxyl groups excluding tert-OH is 2. The quantitative estimate of drug-likeness (QED) is 0.751. The van der Waals surface area contributed by atoms with Crippen molar-refractivity contribution in [3.05, 3.63) is 59.7 Å². The van der Waals surface area contributed by atoms with Crippen LogP contribution in [0.3, 0.4) is 0 Å². The molecule has 0 saturated carbocycles. The fourth-order valence-electron chi connectivity index (χ4n) is 3.92. The summed E-state index contributed by atoms with van der Waals surface area (Å²) in [5.74, 6) is -0.360. The van der Waals surface area contributed by atoms with E-state index < -0.39 is 24.1 Å². The summed E-state index contributed by atoms with van der Waals surface area (Å²) in [4.78, 5) is 13.2. The highest BCUT2D eigenvalue weighted by atomic mass is 16.7. The highest BCUT2D eigenvalue weighted by molar-refractivity contribution is 5.88. The Morgan fingerprint density at radius 2 is 2.00 bits per heavy atom. The van der Waals surface area contributed by atoms with E-state index >= 15 is 0 Å². The van der Waals surface area contributed by atoms with E-state index in [9.17, 15) is 15.0 Å². The number of ether oxygens (including phenoxy) is 2. The van der Waals surface area contributed by atoms with Crippen LogP contribution in [0.15, 0.2) is 54.1 Å². The molecule has 1 aliphatic carbocycles. The third kappa shape index (κ3) is 3.78. The molecule has 1 aromatic carbocycles. The Kier molecular flexibility index (Phi) is 5.96. The van der Waals surface area contributed by atoms with Gasteiger partial charge in [-0.05, 0) is 38.7 Å². The number of aliphatic hydroxyl groups is 2. The molecule has 0 unspecified atom stereocenters. The largest absolute Gasteiger partial charge is 0.384 e. The summed E-state index contributed by atoms with van der Waals surface area (Å²) < 4.78 is 11.5. The van der Waals surface area contributed by atoms with E-state index in [-0.39, 0.29) is 18.3 Å². The van der Waals surface area contributed by atoms with Gasteiger partial charge in [0.15, 0.2) is 23.8 Å². The number of hydrogen-bond donors (Lipinski definition) is 2. The fourth-order valence-corrected chi connectivity index (χ4v) is 3.92. The van der Waals surface area contributed by atoms with Gasteiger partial charge in [-0.3, -0.25) is 4.79 Å². The molecule has 1 aromatic rings. The van der Waals surface area contributed by atoms with Crippen LogP contribution < -0.4 is 0 Å². The Morgan fingerprint density at radius 3 is 2.63 bits per heavy atom. The van der Waals surface area contributed by atoms with Gasteiger partial charge in [0.25, 0.3) is 0 Å². The summed E-state index contributed by atoms with van der Waals surface area (Å²) in [6.45, 7) is 8.08. The van der Waals surface area contributed by atoms with Crippen LogP contribution in [0.2, 0.25) is 0 Å².